The monoisotopic (exact) mass is 275 g/mol. The lowest BCUT2D eigenvalue weighted by Crippen LogP contribution is -2.25. The molecule has 20 heavy (non-hydrogen) atoms. The van der Waals surface area contributed by atoms with Crippen LogP contribution in [-0.4, -0.2) is 25.6 Å². The van der Waals surface area contributed by atoms with E-state index < -0.39 is 0 Å². The summed E-state index contributed by atoms with van der Waals surface area (Å²) in [7, 11) is 1.37. The number of guanidine groups is 1. The number of nitrogens with zero attached hydrogens (tertiary/aromatic N) is 1. The van der Waals surface area contributed by atoms with Crippen molar-refractivity contribution in [2.45, 2.75) is 26.2 Å². The van der Waals surface area contributed by atoms with Crippen molar-refractivity contribution < 1.29 is 9.53 Å². The molecule has 0 radical (unpaired) electrons. The van der Waals surface area contributed by atoms with Crippen LogP contribution in [0.25, 0.3) is 0 Å². The van der Waals surface area contributed by atoms with Crippen LogP contribution in [0.1, 0.15) is 24.5 Å². The number of nitrogens with two attached hydrogens (primary N) is 1. The number of anilines is 1. The van der Waals surface area contributed by atoms with Crippen molar-refractivity contribution in [3.05, 3.63) is 29.3 Å². The van der Waals surface area contributed by atoms with Crippen LogP contribution in [0.15, 0.2) is 23.2 Å². The molecule has 0 bridgehead atoms. The first-order chi connectivity index (χ1) is 9.60. The standard InChI is InChI=1S/C15H21N3O2/c1-10(14(19)20-2)9-17-15(16)18-13-7-6-11-4-3-5-12(11)8-13/h6-8,10H,3-5,9H2,1-2H3,(H3,16,17,18). The fourth-order valence-corrected chi connectivity index (χ4v) is 2.35. The van der Waals surface area contributed by atoms with Crippen LogP contribution in [0.5, 0.6) is 0 Å². The maximum atomic E-state index is 11.3. The molecule has 1 aliphatic carbocycles. The van der Waals surface area contributed by atoms with Crippen molar-refractivity contribution in [3.8, 4) is 0 Å². The SMILES string of the molecule is COC(=O)C(C)CN=C(N)Nc1ccc2c(c1)CCC2. The number of hydrogen-bond donors (Lipinski definition) is 2. The maximum Gasteiger partial charge on any atom is 0.310 e. The number of aryl methyl sites for hydroxylation is 2. The van der Waals surface area contributed by atoms with E-state index >= 15 is 0 Å². The molecular formula is C15H21N3O2. The molecule has 1 atom stereocenters. The third-order valence-electron chi connectivity index (χ3n) is 3.51. The Morgan fingerprint density at radius 3 is 2.95 bits per heavy atom. The molecule has 1 aliphatic rings. The van der Waals surface area contributed by atoms with Gasteiger partial charge in [-0.05, 0) is 42.5 Å². The highest BCUT2D eigenvalue weighted by Crippen LogP contribution is 2.24. The maximum absolute atomic E-state index is 11.3. The third-order valence-corrected chi connectivity index (χ3v) is 3.51. The number of methoxy groups -OCH3 is 1. The van der Waals surface area contributed by atoms with Crippen LogP contribution >= 0.6 is 0 Å². The van der Waals surface area contributed by atoms with Gasteiger partial charge in [0.25, 0.3) is 0 Å². The van der Waals surface area contributed by atoms with Gasteiger partial charge in [0.05, 0.1) is 19.6 Å². The van der Waals surface area contributed by atoms with Gasteiger partial charge in [-0.3, -0.25) is 9.79 Å². The molecule has 1 aromatic carbocycles. The van der Waals surface area contributed by atoms with Crippen molar-refractivity contribution in [2.75, 3.05) is 19.0 Å². The number of aliphatic imine (C=N–C) groups is 1. The fourth-order valence-electron chi connectivity index (χ4n) is 2.35. The highest BCUT2D eigenvalue weighted by Gasteiger charge is 2.13. The van der Waals surface area contributed by atoms with Crippen LogP contribution in [0, 0.1) is 5.92 Å². The molecule has 1 unspecified atom stereocenters. The molecule has 0 aliphatic heterocycles. The van der Waals surface area contributed by atoms with Gasteiger partial charge in [0.15, 0.2) is 5.96 Å². The van der Waals surface area contributed by atoms with Gasteiger partial charge < -0.3 is 15.8 Å². The summed E-state index contributed by atoms with van der Waals surface area (Å²) in [4.78, 5) is 15.4. The molecule has 5 nitrogen and oxygen atoms in total. The smallest absolute Gasteiger partial charge is 0.310 e. The Morgan fingerprint density at radius 1 is 1.45 bits per heavy atom. The second-order valence-corrected chi connectivity index (χ2v) is 5.11. The Labute approximate surface area is 119 Å². The average Bonchev–Trinajstić information content (AvgIpc) is 2.91. The zero-order valence-corrected chi connectivity index (χ0v) is 12.0. The van der Waals surface area contributed by atoms with Gasteiger partial charge in [-0.25, -0.2) is 0 Å². The van der Waals surface area contributed by atoms with Gasteiger partial charge in [-0.2, -0.15) is 0 Å². The van der Waals surface area contributed by atoms with Gasteiger partial charge >= 0.3 is 5.97 Å². The third kappa shape index (κ3) is 3.50. The Hall–Kier alpha value is -2.04. The fraction of sp³-hybridized carbons (Fsp3) is 0.467. The molecule has 0 fully saturated rings. The summed E-state index contributed by atoms with van der Waals surface area (Å²) in [5, 5.41) is 3.06. The van der Waals surface area contributed by atoms with Crippen LogP contribution in [-0.2, 0) is 22.4 Å². The Kier molecular flexibility index (Phi) is 4.61. The van der Waals surface area contributed by atoms with Crippen molar-refractivity contribution in [3.63, 3.8) is 0 Å². The first kappa shape index (κ1) is 14.4. The molecule has 1 aromatic rings. The van der Waals surface area contributed by atoms with Crippen LogP contribution in [0.2, 0.25) is 0 Å². The van der Waals surface area contributed by atoms with Gasteiger partial charge in [0, 0.05) is 5.69 Å². The molecule has 108 valence electrons. The predicted octanol–water partition coefficient (Wildman–Crippen LogP) is 1.71. The van der Waals surface area contributed by atoms with Crippen molar-refractivity contribution in [2.24, 2.45) is 16.6 Å². The summed E-state index contributed by atoms with van der Waals surface area (Å²) in [6, 6.07) is 6.26. The molecule has 2 rings (SSSR count). The summed E-state index contributed by atoms with van der Waals surface area (Å²) < 4.78 is 4.64. The molecule has 3 N–H and O–H groups in total. The molecule has 5 heteroatoms. The number of nitrogens with one attached hydrogen (secondary N) is 1. The first-order valence-electron chi connectivity index (χ1n) is 6.86. The molecule has 0 aromatic heterocycles. The Balaban J connectivity index is 1.94. The summed E-state index contributed by atoms with van der Waals surface area (Å²) in [6.07, 6.45) is 3.51. The minimum Gasteiger partial charge on any atom is -0.469 e. The van der Waals surface area contributed by atoms with E-state index in [2.05, 4.69) is 27.2 Å². The lowest BCUT2D eigenvalue weighted by Gasteiger charge is -2.09. The number of carbonyl (C=O) groups excluding carboxylic acids is 1. The van der Waals surface area contributed by atoms with Crippen molar-refractivity contribution in [1.29, 1.82) is 0 Å². The molecular weight excluding hydrogens is 254 g/mol. The number of ether oxygens (including phenoxy) is 1. The van der Waals surface area contributed by atoms with Crippen molar-refractivity contribution in [1.82, 2.24) is 0 Å². The van der Waals surface area contributed by atoms with Gasteiger partial charge in [-0.1, -0.05) is 13.0 Å². The van der Waals surface area contributed by atoms with Crippen LogP contribution in [0.4, 0.5) is 5.69 Å². The number of benzene rings is 1. The van der Waals surface area contributed by atoms with E-state index in [1.165, 1.54) is 24.7 Å². The summed E-state index contributed by atoms with van der Waals surface area (Å²) in [5.41, 5.74) is 9.57. The molecule has 0 saturated carbocycles. The summed E-state index contributed by atoms with van der Waals surface area (Å²) in [6.45, 7) is 2.08. The molecule has 0 heterocycles. The van der Waals surface area contributed by atoms with E-state index in [0.29, 0.717) is 12.5 Å². The van der Waals surface area contributed by atoms with Gasteiger partial charge in [0.2, 0.25) is 0 Å². The second kappa shape index (κ2) is 6.41. The zero-order valence-electron chi connectivity index (χ0n) is 12.0. The van der Waals surface area contributed by atoms with E-state index in [-0.39, 0.29) is 11.9 Å². The topological polar surface area (TPSA) is 76.7 Å². The lowest BCUT2D eigenvalue weighted by molar-refractivity contribution is -0.144. The summed E-state index contributed by atoms with van der Waals surface area (Å²) >= 11 is 0. The second-order valence-electron chi connectivity index (χ2n) is 5.11. The van der Waals surface area contributed by atoms with Gasteiger partial charge in [-0.15, -0.1) is 0 Å². The van der Waals surface area contributed by atoms with E-state index in [1.807, 2.05) is 6.07 Å². The largest absolute Gasteiger partial charge is 0.469 e. The Bertz CT molecular complexity index is 526. The molecule has 0 saturated heterocycles. The predicted molar refractivity (Wildman–Crippen MR) is 79.8 cm³/mol. The van der Waals surface area contributed by atoms with Crippen molar-refractivity contribution >= 4 is 17.6 Å². The average molecular weight is 275 g/mol. The quantitative estimate of drug-likeness (QED) is 0.498. The number of rotatable bonds is 4. The highest BCUT2D eigenvalue weighted by atomic mass is 16.5. The number of carbonyl (C=O) groups is 1. The van der Waals surface area contributed by atoms with E-state index in [4.69, 9.17) is 5.73 Å². The zero-order chi connectivity index (χ0) is 14.5. The minimum absolute atomic E-state index is 0.279. The van der Waals surface area contributed by atoms with E-state index in [0.717, 1.165) is 18.5 Å². The number of fused-ring (bicyclic) bond motifs is 1. The minimum atomic E-state index is -0.291. The normalized spacial score (nSPS) is 15.6. The van der Waals surface area contributed by atoms with Crippen LogP contribution in [0.3, 0.4) is 0 Å². The van der Waals surface area contributed by atoms with E-state index in [1.54, 1.807) is 6.92 Å². The van der Waals surface area contributed by atoms with Crippen LogP contribution < -0.4 is 11.1 Å². The van der Waals surface area contributed by atoms with E-state index in [9.17, 15) is 4.79 Å². The first-order valence-corrected chi connectivity index (χ1v) is 6.86. The Morgan fingerprint density at radius 2 is 2.20 bits per heavy atom. The summed E-state index contributed by atoms with van der Waals surface area (Å²) in [5.74, 6) is -0.252. The lowest BCUT2D eigenvalue weighted by atomic mass is 10.1. The highest BCUT2D eigenvalue weighted by molar-refractivity contribution is 5.92. The molecule has 0 spiro atoms. The van der Waals surface area contributed by atoms with Gasteiger partial charge in [0.1, 0.15) is 0 Å². The molecule has 0 amide bonds. The number of hydrogen-bond acceptors (Lipinski definition) is 3. The number of esters is 1.